The van der Waals surface area contributed by atoms with Crippen molar-refractivity contribution in [1.82, 2.24) is 29.7 Å². The van der Waals surface area contributed by atoms with E-state index >= 15 is 9.18 Å². The summed E-state index contributed by atoms with van der Waals surface area (Å²) in [5.74, 6) is -0.0171. The van der Waals surface area contributed by atoms with Crippen LogP contribution in [0, 0.1) is 12.7 Å². The second kappa shape index (κ2) is 15.1. The zero-order chi connectivity index (χ0) is 40.4. The van der Waals surface area contributed by atoms with Crippen molar-refractivity contribution in [2.24, 2.45) is 0 Å². The third-order valence-electron chi connectivity index (χ3n) is 13.7. The molecule has 1 saturated carbocycles. The molecule has 3 fully saturated rings. The highest BCUT2D eigenvalue weighted by Gasteiger charge is 2.56. The van der Waals surface area contributed by atoms with Crippen molar-refractivity contribution in [1.29, 1.82) is 0 Å². The number of anilines is 3. The number of aromatic nitrogens is 3. The average Bonchev–Trinajstić information content (AvgIpc) is 3.70. The first-order valence-corrected chi connectivity index (χ1v) is 21.4. The fourth-order valence-electron chi connectivity index (χ4n) is 9.83. The van der Waals surface area contributed by atoms with Gasteiger partial charge < -0.3 is 25.0 Å². The number of likely N-dealkylation sites (tertiary alicyclic amines) is 2. The normalized spacial score (nSPS) is 21.5. The number of aryl methyl sites for hydroxylation is 1. The Morgan fingerprint density at radius 2 is 1.70 bits per heavy atom. The van der Waals surface area contributed by atoms with Crippen LogP contribution in [0.3, 0.4) is 0 Å². The van der Waals surface area contributed by atoms with E-state index in [9.17, 15) is 4.79 Å². The molecule has 2 amide bonds. The van der Waals surface area contributed by atoms with E-state index in [1.807, 2.05) is 24.5 Å². The van der Waals surface area contributed by atoms with E-state index < -0.39 is 11.2 Å². The van der Waals surface area contributed by atoms with Gasteiger partial charge in [-0.1, -0.05) is 25.5 Å². The van der Waals surface area contributed by atoms with Crippen LogP contribution in [0.15, 0.2) is 42.7 Å². The molecular weight excluding hydrogens is 716 g/mol. The molecule has 0 radical (unpaired) electrons. The Morgan fingerprint density at radius 1 is 0.982 bits per heavy atom. The molecule has 3 aliphatic heterocycles. The number of hydrogen-bond acceptors (Lipinski definition) is 7. The van der Waals surface area contributed by atoms with Gasteiger partial charge in [0.15, 0.2) is 5.82 Å². The molecule has 0 bridgehead atoms. The molecule has 2 N–H and O–H groups in total. The number of carbonyl (C=O) groups excluding carboxylic acids is 2. The third kappa shape index (κ3) is 7.02. The Labute approximate surface area is 337 Å². The number of hydrogen-bond donors (Lipinski definition) is 2. The number of rotatable bonds is 10. The molecule has 0 unspecified atom stereocenters. The molecule has 5 heterocycles. The van der Waals surface area contributed by atoms with Crippen molar-refractivity contribution in [3.05, 3.63) is 65.2 Å². The van der Waals surface area contributed by atoms with E-state index in [2.05, 4.69) is 78.2 Å². The molecule has 0 atom stereocenters. The van der Waals surface area contributed by atoms with E-state index in [1.165, 1.54) is 25.3 Å². The van der Waals surface area contributed by atoms with E-state index in [4.69, 9.17) is 9.97 Å². The number of carbonyl (C=O) groups is 2. The quantitative estimate of drug-likeness (QED) is 0.166. The van der Waals surface area contributed by atoms with Crippen LogP contribution in [0.1, 0.15) is 127 Å². The lowest BCUT2D eigenvalue weighted by atomic mass is 9.72. The Morgan fingerprint density at radius 3 is 2.37 bits per heavy atom. The standard InChI is InChI=1S/C46H61FN8O2/c1-9-45(7,8)53-19-15-46(16-20-53)35-14-13-31(22-40(35)55(44(46)57)33-23-32(24-33)52-17-11-10-12-18-52)37-26-39-41(54(27-48-39)29(4)5)42(50-37)51-38-25-34(30(6)21-36(38)47)43(56)49-28(2)3/h13-14,21-22,25-29,32-33H,9-12,15-20,23-24H2,1-8H3,(H,49,56)(H,50,51)/t32-,33+. The van der Waals surface area contributed by atoms with Crippen LogP contribution in [-0.2, 0) is 10.2 Å². The van der Waals surface area contributed by atoms with Gasteiger partial charge in [0.1, 0.15) is 11.3 Å². The SMILES string of the molecule is CCC(C)(C)N1CCC2(CC1)C(=O)N([C@H]1C[C@@H](N3CCCCC3)C1)c1cc(-c3cc4ncn(C(C)C)c4c(Nc4cc(C(=O)NC(C)C)c(C)cc4F)n3)ccc12. The maximum Gasteiger partial charge on any atom is 0.251 e. The minimum Gasteiger partial charge on any atom is -0.350 e. The molecule has 2 aromatic carbocycles. The van der Waals surface area contributed by atoms with Gasteiger partial charge in [-0.3, -0.25) is 14.5 Å². The number of pyridine rings is 1. The molecule has 2 aromatic heterocycles. The summed E-state index contributed by atoms with van der Waals surface area (Å²) in [4.78, 5) is 45.5. The van der Waals surface area contributed by atoms with Crippen LogP contribution in [0.2, 0.25) is 0 Å². The topological polar surface area (TPSA) is 98.6 Å². The second-order valence-corrected chi connectivity index (χ2v) is 18.4. The van der Waals surface area contributed by atoms with Crippen molar-refractivity contribution in [3.63, 3.8) is 0 Å². The summed E-state index contributed by atoms with van der Waals surface area (Å²) in [5.41, 5.74) is 5.86. The van der Waals surface area contributed by atoms with Crippen molar-refractivity contribution >= 4 is 40.0 Å². The fraction of sp³-hybridized carbons (Fsp3) is 0.565. The highest BCUT2D eigenvalue weighted by molar-refractivity contribution is 6.09. The number of halogens is 1. The molecular formula is C46H61FN8O2. The molecule has 11 heteroatoms. The summed E-state index contributed by atoms with van der Waals surface area (Å²) in [6.07, 6.45) is 10.3. The van der Waals surface area contributed by atoms with E-state index in [0.29, 0.717) is 28.7 Å². The van der Waals surface area contributed by atoms with Crippen LogP contribution in [0.5, 0.6) is 0 Å². The Balaban J connectivity index is 1.19. The molecule has 1 aliphatic carbocycles. The van der Waals surface area contributed by atoms with Crippen molar-refractivity contribution in [3.8, 4) is 11.3 Å². The van der Waals surface area contributed by atoms with Gasteiger partial charge in [-0.15, -0.1) is 0 Å². The molecule has 4 aromatic rings. The van der Waals surface area contributed by atoms with Gasteiger partial charge in [-0.25, -0.2) is 14.4 Å². The number of piperidine rings is 2. The molecule has 4 aliphatic rings. The first-order chi connectivity index (χ1) is 27.2. The van der Waals surface area contributed by atoms with Crippen LogP contribution in [0.4, 0.5) is 21.6 Å². The van der Waals surface area contributed by atoms with Gasteiger partial charge in [-0.05, 0) is 142 Å². The zero-order valence-corrected chi connectivity index (χ0v) is 35.2. The van der Waals surface area contributed by atoms with E-state index in [-0.39, 0.29) is 41.2 Å². The second-order valence-electron chi connectivity index (χ2n) is 18.4. The molecule has 57 heavy (non-hydrogen) atoms. The Hall–Kier alpha value is -4.35. The van der Waals surface area contributed by atoms with Crippen molar-refractivity contribution < 1.29 is 14.0 Å². The van der Waals surface area contributed by atoms with Crippen LogP contribution >= 0.6 is 0 Å². The number of fused-ring (bicyclic) bond motifs is 3. The van der Waals surface area contributed by atoms with Gasteiger partial charge in [0, 0.05) is 59.6 Å². The monoisotopic (exact) mass is 776 g/mol. The third-order valence-corrected chi connectivity index (χ3v) is 13.7. The smallest absolute Gasteiger partial charge is 0.251 e. The van der Waals surface area contributed by atoms with Gasteiger partial charge in [-0.2, -0.15) is 0 Å². The molecule has 2 saturated heterocycles. The highest BCUT2D eigenvalue weighted by Crippen LogP contribution is 2.53. The first kappa shape index (κ1) is 39.5. The molecule has 10 nitrogen and oxygen atoms in total. The number of benzene rings is 2. The maximum absolute atomic E-state index is 15.7. The highest BCUT2D eigenvalue weighted by atomic mass is 19.1. The number of nitrogens with one attached hydrogen (secondary N) is 2. The van der Waals surface area contributed by atoms with E-state index in [1.54, 1.807) is 19.3 Å². The average molecular weight is 777 g/mol. The number of nitrogens with zero attached hydrogens (tertiary/aromatic N) is 6. The lowest BCUT2D eigenvalue weighted by molar-refractivity contribution is -0.126. The lowest BCUT2D eigenvalue weighted by Gasteiger charge is -2.49. The zero-order valence-electron chi connectivity index (χ0n) is 35.2. The summed E-state index contributed by atoms with van der Waals surface area (Å²) in [6, 6.07) is 12.1. The van der Waals surface area contributed by atoms with Gasteiger partial charge in [0.2, 0.25) is 5.91 Å². The maximum atomic E-state index is 15.7. The minimum absolute atomic E-state index is 0.0634. The Bertz CT molecular complexity index is 2170. The summed E-state index contributed by atoms with van der Waals surface area (Å²) in [6.45, 7) is 20.7. The minimum atomic E-state index is -0.535. The van der Waals surface area contributed by atoms with Crippen LogP contribution in [-0.4, -0.2) is 86.0 Å². The van der Waals surface area contributed by atoms with E-state index in [0.717, 1.165) is 86.1 Å². The van der Waals surface area contributed by atoms with Gasteiger partial charge in [0.05, 0.1) is 28.6 Å². The predicted octanol–water partition coefficient (Wildman–Crippen LogP) is 8.89. The number of imidazole rings is 1. The largest absolute Gasteiger partial charge is 0.350 e. The lowest BCUT2D eigenvalue weighted by Crippen LogP contribution is -2.59. The van der Waals surface area contributed by atoms with Crippen LogP contribution < -0.4 is 15.5 Å². The summed E-state index contributed by atoms with van der Waals surface area (Å²) >= 11 is 0. The predicted molar refractivity (Wildman–Crippen MR) is 227 cm³/mol. The molecule has 304 valence electrons. The van der Waals surface area contributed by atoms with Gasteiger partial charge >= 0.3 is 0 Å². The number of amides is 2. The van der Waals surface area contributed by atoms with Crippen molar-refractivity contribution in [2.75, 3.05) is 36.4 Å². The van der Waals surface area contributed by atoms with Crippen molar-refractivity contribution in [2.45, 2.75) is 142 Å². The van der Waals surface area contributed by atoms with Crippen LogP contribution in [0.25, 0.3) is 22.3 Å². The van der Waals surface area contributed by atoms with Gasteiger partial charge in [0.25, 0.3) is 5.91 Å². The molecule has 8 rings (SSSR count). The summed E-state index contributed by atoms with van der Waals surface area (Å²) < 4.78 is 17.8. The summed E-state index contributed by atoms with van der Waals surface area (Å²) in [5, 5.41) is 6.22. The Kier molecular flexibility index (Phi) is 10.5. The first-order valence-electron chi connectivity index (χ1n) is 21.4. The molecule has 1 spiro atoms. The summed E-state index contributed by atoms with van der Waals surface area (Å²) in [7, 11) is 0. The fourth-order valence-corrected chi connectivity index (χ4v) is 9.83.